The summed E-state index contributed by atoms with van der Waals surface area (Å²) >= 11 is 0. The highest BCUT2D eigenvalue weighted by Gasteiger charge is 2.22. The minimum atomic E-state index is -1.69. The van der Waals surface area contributed by atoms with Crippen molar-refractivity contribution in [2.24, 2.45) is 0 Å². The van der Waals surface area contributed by atoms with Crippen molar-refractivity contribution in [3.05, 3.63) is 34.9 Å². The van der Waals surface area contributed by atoms with Gasteiger partial charge in [-0.15, -0.1) is 0 Å². The first-order valence-electron chi connectivity index (χ1n) is 5.56. The quantitative estimate of drug-likeness (QED) is 0.856. The average Bonchev–Trinajstić information content (AvgIpc) is 2.20. The van der Waals surface area contributed by atoms with Crippen molar-refractivity contribution < 1.29 is 13.2 Å². The van der Waals surface area contributed by atoms with Crippen LogP contribution in [0.1, 0.15) is 38.1 Å². The molecule has 1 atom stereocenters. The normalized spacial score (nSPS) is 13.8. The number of alkyl halides is 1. The number of aryl methyl sites for hydroxylation is 1. The Morgan fingerprint density at radius 3 is 2.35 bits per heavy atom. The minimum Gasteiger partial charge on any atom is -0.309 e. The SMILES string of the molecule is Cc1ccc(F)c(C(F)CNC(C)(C)C)c1F. The highest BCUT2D eigenvalue weighted by Crippen LogP contribution is 2.25. The Kier molecular flexibility index (Phi) is 4.20. The lowest BCUT2D eigenvalue weighted by Gasteiger charge is -2.22. The van der Waals surface area contributed by atoms with Crippen molar-refractivity contribution in [3.63, 3.8) is 0 Å². The molecule has 0 heterocycles. The second-order valence-corrected chi connectivity index (χ2v) is 5.19. The summed E-state index contributed by atoms with van der Waals surface area (Å²) in [5, 5.41) is 2.89. The summed E-state index contributed by atoms with van der Waals surface area (Å²) in [6.07, 6.45) is -1.69. The molecule has 0 spiro atoms. The molecule has 1 aromatic carbocycles. The van der Waals surface area contributed by atoms with Crippen molar-refractivity contribution in [2.75, 3.05) is 6.54 Å². The molecule has 1 nitrogen and oxygen atoms in total. The lowest BCUT2D eigenvalue weighted by Crippen LogP contribution is -2.38. The Bertz CT molecular complexity index is 396. The number of halogens is 3. The van der Waals surface area contributed by atoms with E-state index in [1.807, 2.05) is 20.8 Å². The first-order valence-corrected chi connectivity index (χ1v) is 5.56. The van der Waals surface area contributed by atoms with Crippen LogP contribution in [0.15, 0.2) is 12.1 Å². The van der Waals surface area contributed by atoms with Gasteiger partial charge in [0.25, 0.3) is 0 Å². The van der Waals surface area contributed by atoms with Crippen LogP contribution in [-0.2, 0) is 0 Å². The van der Waals surface area contributed by atoms with Gasteiger partial charge in [0.15, 0.2) is 0 Å². The Labute approximate surface area is 100 Å². The molecular formula is C13H18F3N. The highest BCUT2D eigenvalue weighted by molar-refractivity contribution is 5.28. The minimum absolute atomic E-state index is 0.110. The lowest BCUT2D eigenvalue weighted by atomic mass is 10.0. The molecule has 1 rings (SSSR count). The molecule has 1 N–H and O–H groups in total. The third-order valence-corrected chi connectivity index (χ3v) is 2.44. The predicted octanol–water partition coefficient (Wildman–Crippen LogP) is 3.67. The fourth-order valence-electron chi connectivity index (χ4n) is 1.46. The number of hydrogen-bond donors (Lipinski definition) is 1. The highest BCUT2D eigenvalue weighted by atomic mass is 19.2. The largest absolute Gasteiger partial charge is 0.309 e. The van der Waals surface area contributed by atoms with E-state index in [2.05, 4.69) is 5.32 Å². The fraction of sp³-hybridized carbons (Fsp3) is 0.538. The van der Waals surface area contributed by atoms with E-state index in [9.17, 15) is 13.2 Å². The maximum Gasteiger partial charge on any atom is 0.143 e. The topological polar surface area (TPSA) is 12.0 Å². The Balaban J connectivity index is 2.89. The van der Waals surface area contributed by atoms with E-state index in [4.69, 9.17) is 0 Å². The van der Waals surface area contributed by atoms with Crippen molar-refractivity contribution in [2.45, 2.75) is 39.4 Å². The molecule has 0 saturated heterocycles. The van der Waals surface area contributed by atoms with Crippen LogP contribution in [0.4, 0.5) is 13.2 Å². The van der Waals surface area contributed by atoms with E-state index >= 15 is 0 Å². The van der Waals surface area contributed by atoms with Crippen molar-refractivity contribution in [1.82, 2.24) is 5.32 Å². The van der Waals surface area contributed by atoms with Gasteiger partial charge < -0.3 is 5.32 Å². The molecule has 0 aliphatic rings. The summed E-state index contributed by atoms with van der Waals surface area (Å²) in [6, 6.07) is 2.40. The van der Waals surface area contributed by atoms with Crippen LogP contribution < -0.4 is 5.32 Å². The molecule has 4 heteroatoms. The van der Waals surface area contributed by atoms with Crippen molar-refractivity contribution in [1.29, 1.82) is 0 Å². The van der Waals surface area contributed by atoms with Crippen LogP contribution in [-0.4, -0.2) is 12.1 Å². The van der Waals surface area contributed by atoms with E-state index in [-0.39, 0.29) is 17.6 Å². The summed E-state index contributed by atoms with van der Waals surface area (Å²) in [4.78, 5) is 0. The molecule has 0 aliphatic carbocycles. The van der Waals surface area contributed by atoms with Crippen molar-refractivity contribution >= 4 is 0 Å². The molecule has 0 saturated carbocycles. The van der Waals surface area contributed by atoms with E-state index < -0.39 is 23.4 Å². The van der Waals surface area contributed by atoms with Gasteiger partial charge in [-0.05, 0) is 39.3 Å². The maximum atomic E-state index is 13.8. The van der Waals surface area contributed by atoms with E-state index in [1.165, 1.54) is 13.0 Å². The summed E-state index contributed by atoms with van der Waals surface area (Å²) in [7, 11) is 0. The Morgan fingerprint density at radius 1 is 1.24 bits per heavy atom. The molecule has 0 bridgehead atoms. The molecule has 17 heavy (non-hydrogen) atoms. The molecule has 0 aliphatic heterocycles. The average molecular weight is 245 g/mol. The Hall–Kier alpha value is -1.03. The lowest BCUT2D eigenvalue weighted by molar-refractivity contribution is 0.277. The van der Waals surface area contributed by atoms with E-state index in [0.29, 0.717) is 0 Å². The summed E-state index contributed by atoms with van der Waals surface area (Å²) in [5.41, 5.74) is -0.525. The van der Waals surface area contributed by atoms with Gasteiger partial charge in [-0.25, -0.2) is 13.2 Å². The van der Waals surface area contributed by atoms with Gasteiger partial charge in [0.05, 0.1) is 5.56 Å². The van der Waals surface area contributed by atoms with Gasteiger partial charge in [0.1, 0.15) is 17.8 Å². The van der Waals surface area contributed by atoms with Gasteiger partial charge >= 0.3 is 0 Å². The first kappa shape index (κ1) is 14.0. The summed E-state index contributed by atoms with van der Waals surface area (Å²) in [6.45, 7) is 6.97. The zero-order valence-corrected chi connectivity index (χ0v) is 10.6. The molecule has 0 radical (unpaired) electrons. The zero-order valence-electron chi connectivity index (χ0n) is 10.6. The van der Waals surface area contributed by atoms with Gasteiger partial charge in [-0.1, -0.05) is 6.07 Å². The molecule has 0 aromatic heterocycles. The second kappa shape index (κ2) is 5.08. The third-order valence-electron chi connectivity index (χ3n) is 2.44. The van der Waals surface area contributed by atoms with Crippen LogP contribution in [0.3, 0.4) is 0 Å². The van der Waals surface area contributed by atoms with Crippen LogP contribution in [0.5, 0.6) is 0 Å². The molecule has 96 valence electrons. The maximum absolute atomic E-state index is 13.8. The number of nitrogens with one attached hydrogen (secondary N) is 1. The van der Waals surface area contributed by atoms with Crippen LogP contribution >= 0.6 is 0 Å². The summed E-state index contributed by atoms with van der Waals surface area (Å²) < 4.78 is 40.8. The zero-order chi connectivity index (χ0) is 13.2. The molecular weight excluding hydrogens is 227 g/mol. The van der Waals surface area contributed by atoms with E-state index in [0.717, 1.165) is 6.07 Å². The molecule has 0 amide bonds. The molecule has 1 unspecified atom stereocenters. The van der Waals surface area contributed by atoms with Crippen LogP contribution in [0.2, 0.25) is 0 Å². The second-order valence-electron chi connectivity index (χ2n) is 5.19. The predicted molar refractivity (Wildman–Crippen MR) is 62.7 cm³/mol. The van der Waals surface area contributed by atoms with Gasteiger partial charge in [-0.3, -0.25) is 0 Å². The standard InChI is InChI=1S/C13H18F3N/c1-8-5-6-9(14)11(12(8)16)10(15)7-17-13(2,3)4/h5-6,10,17H,7H2,1-4H3. The monoisotopic (exact) mass is 245 g/mol. The fourth-order valence-corrected chi connectivity index (χ4v) is 1.46. The van der Waals surface area contributed by atoms with Gasteiger partial charge in [-0.2, -0.15) is 0 Å². The van der Waals surface area contributed by atoms with Crippen molar-refractivity contribution in [3.8, 4) is 0 Å². The van der Waals surface area contributed by atoms with E-state index in [1.54, 1.807) is 0 Å². The first-order chi connectivity index (χ1) is 7.72. The smallest absolute Gasteiger partial charge is 0.143 e. The third kappa shape index (κ3) is 3.73. The molecule has 1 aromatic rings. The number of rotatable bonds is 3. The van der Waals surface area contributed by atoms with Crippen LogP contribution in [0.25, 0.3) is 0 Å². The van der Waals surface area contributed by atoms with Crippen LogP contribution in [0, 0.1) is 18.6 Å². The summed E-state index contributed by atoms with van der Waals surface area (Å²) in [5.74, 6) is -1.63. The van der Waals surface area contributed by atoms with Gasteiger partial charge in [0.2, 0.25) is 0 Å². The Morgan fingerprint density at radius 2 is 1.82 bits per heavy atom. The number of benzene rings is 1. The van der Waals surface area contributed by atoms with Gasteiger partial charge in [0, 0.05) is 12.1 Å². The number of hydrogen-bond acceptors (Lipinski definition) is 1. The molecule has 0 fully saturated rings.